The summed E-state index contributed by atoms with van der Waals surface area (Å²) >= 11 is 0. The van der Waals surface area contributed by atoms with Gasteiger partial charge in [0.15, 0.2) is 0 Å². The molecular formula is C15H23N3O. The second-order valence-corrected chi connectivity index (χ2v) is 5.73. The number of aromatic nitrogens is 1. The Morgan fingerprint density at radius 2 is 1.95 bits per heavy atom. The van der Waals surface area contributed by atoms with E-state index in [1.807, 2.05) is 12.1 Å². The van der Waals surface area contributed by atoms with Gasteiger partial charge in [-0.05, 0) is 43.7 Å². The van der Waals surface area contributed by atoms with Crippen molar-refractivity contribution in [2.24, 2.45) is 5.92 Å². The quantitative estimate of drug-likeness (QED) is 0.910. The van der Waals surface area contributed by atoms with E-state index in [0.29, 0.717) is 11.6 Å². The van der Waals surface area contributed by atoms with Crippen molar-refractivity contribution in [3.63, 3.8) is 0 Å². The summed E-state index contributed by atoms with van der Waals surface area (Å²) in [6.07, 6.45) is 6.64. The maximum atomic E-state index is 11.7. The zero-order valence-corrected chi connectivity index (χ0v) is 12.0. The highest BCUT2D eigenvalue weighted by Gasteiger charge is 2.18. The van der Waals surface area contributed by atoms with Crippen molar-refractivity contribution in [3.05, 3.63) is 23.9 Å². The Hall–Kier alpha value is -1.58. The van der Waals surface area contributed by atoms with Gasteiger partial charge in [0.1, 0.15) is 5.82 Å². The SMILES string of the molecule is CC1CCC(Nc2ccc(C(=O)N(C)C)cn2)CC1. The summed E-state index contributed by atoms with van der Waals surface area (Å²) in [5.41, 5.74) is 0.632. The minimum absolute atomic E-state index is 0.00876. The van der Waals surface area contributed by atoms with E-state index in [9.17, 15) is 4.79 Å². The van der Waals surface area contributed by atoms with Crippen LogP contribution in [0.15, 0.2) is 18.3 Å². The molecule has 0 atom stereocenters. The minimum Gasteiger partial charge on any atom is -0.367 e. The Bertz CT molecular complexity index is 420. The van der Waals surface area contributed by atoms with Crippen LogP contribution >= 0.6 is 0 Å². The molecule has 1 aliphatic rings. The number of nitrogens with zero attached hydrogens (tertiary/aromatic N) is 2. The van der Waals surface area contributed by atoms with E-state index in [1.54, 1.807) is 25.2 Å². The van der Waals surface area contributed by atoms with Crippen LogP contribution < -0.4 is 5.32 Å². The highest BCUT2D eigenvalue weighted by atomic mass is 16.2. The molecule has 0 saturated heterocycles. The molecule has 0 unspecified atom stereocenters. The molecule has 1 heterocycles. The third-order valence-electron chi connectivity index (χ3n) is 3.78. The molecule has 1 amide bonds. The lowest BCUT2D eigenvalue weighted by Crippen LogP contribution is -2.26. The molecule has 1 aromatic rings. The summed E-state index contributed by atoms with van der Waals surface area (Å²) in [6.45, 7) is 2.32. The zero-order chi connectivity index (χ0) is 13.8. The standard InChI is InChI=1S/C15H23N3O/c1-11-4-7-13(8-5-11)17-14-9-6-12(10-16-14)15(19)18(2)3/h6,9-11,13H,4-5,7-8H2,1-3H3,(H,16,17). The molecule has 1 aliphatic carbocycles. The molecule has 1 saturated carbocycles. The number of rotatable bonds is 3. The van der Waals surface area contributed by atoms with Gasteiger partial charge in [-0.25, -0.2) is 4.98 Å². The van der Waals surface area contributed by atoms with Crippen LogP contribution in [0.25, 0.3) is 0 Å². The maximum absolute atomic E-state index is 11.7. The number of hydrogen-bond donors (Lipinski definition) is 1. The smallest absolute Gasteiger partial charge is 0.254 e. The predicted molar refractivity (Wildman–Crippen MR) is 77.3 cm³/mol. The summed E-state index contributed by atoms with van der Waals surface area (Å²) in [7, 11) is 3.50. The largest absolute Gasteiger partial charge is 0.367 e. The van der Waals surface area contributed by atoms with Crippen LogP contribution in [-0.2, 0) is 0 Å². The van der Waals surface area contributed by atoms with Gasteiger partial charge in [-0.15, -0.1) is 0 Å². The molecule has 0 radical (unpaired) electrons. The summed E-state index contributed by atoms with van der Waals surface area (Å²) in [5, 5.41) is 3.46. The van der Waals surface area contributed by atoms with Crippen molar-refractivity contribution in [1.82, 2.24) is 9.88 Å². The summed E-state index contributed by atoms with van der Waals surface area (Å²) < 4.78 is 0. The van der Waals surface area contributed by atoms with Crippen LogP contribution in [0.1, 0.15) is 43.0 Å². The van der Waals surface area contributed by atoms with Gasteiger partial charge in [-0.1, -0.05) is 6.92 Å². The zero-order valence-electron chi connectivity index (χ0n) is 12.0. The monoisotopic (exact) mass is 261 g/mol. The van der Waals surface area contributed by atoms with Crippen molar-refractivity contribution < 1.29 is 4.79 Å². The first kappa shape index (κ1) is 13.8. The van der Waals surface area contributed by atoms with E-state index in [1.165, 1.54) is 25.7 Å². The highest BCUT2D eigenvalue weighted by molar-refractivity contribution is 5.93. The van der Waals surface area contributed by atoms with Gasteiger partial charge in [-0.2, -0.15) is 0 Å². The van der Waals surface area contributed by atoms with Crippen molar-refractivity contribution in [1.29, 1.82) is 0 Å². The van der Waals surface area contributed by atoms with E-state index in [-0.39, 0.29) is 5.91 Å². The number of anilines is 1. The molecule has 4 heteroatoms. The average molecular weight is 261 g/mol. The fraction of sp³-hybridized carbons (Fsp3) is 0.600. The molecule has 2 rings (SSSR count). The molecule has 0 aromatic carbocycles. The Kier molecular flexibility index (Phi) is 4.40. The number of carbonyl (C=O) groups is 1. The molecule has 0 spiro atoms. The first-order valence-corrected chi connectivity index (χ1v) is 7.00. The number of amides is 1. The first-order chi connectivity index (χ1) is 9.06. The maximum Gasteiger partial charge on any atom is 0.254 e. The number of pyridine rings is 1. The minimum atomic E-state index is -0.00876. The lowest BCUT2D eigenvalue weighted by atomic mass is 9.87. The Morgan fingerprint density at radius 3 is 2.47 bits per heavy atom. The highest BCUT2D eigenvalue weighted by Crippen LogP contribution is 2.25. The van der Waals surface area contributed by atoms with E-state index < -0.39 is 0 Å². The Balaban J connectivity index is 1.93. The third-order valence-corrected chi connectivity index (χ3v) is 3.78. The first-order valence-electron chi connectivity index (χ1n) is 7.00. The fourth-order valence-electron chi connectivity index (χ4n) is 2.48. The second-order valence-electron chi connectivity index (χ2n) is 5.73. The predicted octanol–water partition coefficient (Wildman–Crippen LogP) is 2.77. The molecular weight excluding hydrogens is 238 g/mol. The van der Waals surface area contributed by atoms with Crippen LogP contribution in [-0.4, -0.2) is 35.9 Å². The van der Waals surface area contributed by atoms with E-state index >= 15 is 0 Å². The van der Waals surface area contributed by atoms with Crippen molar-refractivity contribution in [2.75, 3.05) is 19.4 Å². The van der Waals surface area contributed by atoms with Crippen LogP contribution in [0, 0.1) is 5.92 Å². The number of nitrogens with one attached hydrogen (secondary N) is 1. The Morgan fingerprint density at radius 1 is 1.26 bits per heavy atom. The van der Waals surface area contributed by atoms with Crippen molar-refractivity contribution in [2.45, 2.75) is 38.6 Å². The van der Waals surface area contributed by atoms with Gasteiger partial charge in [0.25, 0.3) is 5.91 Å². The normalized spacial score (nSPS) is 22.9. The van der Waals surface area contributed by atoms with Crippen molar-refractivity contribution >= 4 is 11.7 Å². The van der Waals surface area contributed by atoms with E-state index in [4.69, 9.17) is 0 Å². The van der Waals surface area contributed by atoms with Gasteiger partial charge in [0.05, 0.1) is 5.56 Å². The van der Waals surface area contributed by atoms with Gasteiger partial charge in [0, 0.05) is 26.3 Å². The summed E-state index contributed by atoms with van der Waals surface area (Å²) in [6, 6.07) is 4.26. The molecule has 0 bridgehead atoms. The second kappa shape index (κ2) is 6.04. The lowest BCUT2D eigenvalue weighted by molar-refractivity contribution is 0.0827. The third kappa shape index (κ3) is 3.69. The number of hydrogen-bond acceptors (Lipinski definition) is 3. The van der Waals surface area contributed by atoms with Crippen LogP contribution in [0.2, 0.25) is 0 Å². The lowest BCUT2D eigenvalue weighted by Gasteiger charge is -2.27. The van der Waals surface area contributed by atoms with Gasteiger partial charge < -0.3 is 10.2 Å². The molecule has 0 aliphatic heterocycles. The van der Waals surface area contributed by atoms with Crippen LogP contribution in [0.4, 0.5) is 5.82 Å². The summed E-state index contributed by atoms with van der Waals surface area (Å²) in [5.74, 6) is 1.71. The van der Waals surface area contributed by atoms with Gasteiger partial charge >= 0.3 is 0 Å². The molecule has 1 fully saturated rings. The van der Waals surface area contributed by atoms with E-state index in [0.717, 1.165) is 11.7 Å². The number of carbonyl (C=O) groups excluding carboxylic acids is 1. The average Bonchev–Trinajstić information content (AvgIpc) is 2.41. The topological polar surface area (TPSA) is 45.2 Å². The van der Waals surface area contributed by atoms with Crippen LogP contribution in [0.5, 0.6) is 0 Å². The van der Waals surface area contributed by atoms with Gasteiger partial charge in [-0.3, -0.25) is 4.79 Å². The van der Waals surface area contributed by atoms with Crippen LogP contribution in [0.3, 0.4) is 0 Å². The molecule has 1 N–H and O–H groups in total. The fourth-order valence-corrected chi connectivity index (χ4v) is 2.48. The van der Waals surface area contributed by atoms with Gasteiger partial charge in [0.2, 0.25) is 0 Å². The van der Waals surface area contributed by atoms with E-state index in [2.05, 4.69) is 17.2 Å². The Labute approximate surface area is 115 Å². The molecule has 104 valence electrons. The molecule has 1 aromatic heterocycles. The molecule has 19 heavy (non-hydrogen) atoms. The summed E-state index contributed by atoms with van der Waals surface area (Å²) in [4.78, 5) is 17.6. The van der Waals surface area contributed by atoms with Crippen molar-refractivity contribution in [3.8, 4) is 0 Å². The molecule has 4 nitrogen and oxygen atoms in total.